The van der Waals surface area contributed by atoms with Gasteiger partial charge in [0, 0.05) is 15.4 Å². The number of hydrogen-bond acceptors (Lipinski definition) is 3. The van der Waals surface area contributed by atoms with Gasteiger partial charge >= 0.3 is 0 Å². The summed E-state index contributed by atoms with van der Waals surface area (Å²) in [5, 5.41) is 0. The molecule has 0 aliphatic carbocycles. The summed E-state index contributed by atoms with van der Waals surface area (Å²) in [4.78, 5) is 1.11. The van der Waals surface area contributed by atoms with E-state index >= 15 is 0 Å². The van der Waals surface area contributed by atoms with Crippen LogP contribution in [0.5, 0.6) is 5.75 Å². The van der Waals surface area contributed by atoms with Gasteiger partial charge in [-0.1, -0.05) is 15.9 Å². The summed E-state index contributed by atoms with van der Waals surface area (Å²) in [6.07, 6.45) is -0.159. The third-order valence-electron chi connectivity index (χ3n) is 2.50. The van der Waals surface area contributed by atoms with Crippen LogP contribution in [0, 0.1) is 0 Å². The predicted molar refractivity (Wildman–Crippen MR) is 90.9 cm³/mol. The lowest BCUT2D eigenvalue weighted by atomic mass is 10.1. The number of hydrogen-bond donors (Lipinski definition) is 1. The standard InChI is InChI=1S/C13H12Br3NOS/c1-7(17)13(11-4-5-12(16)19-11)18-10-3-2-8(14)6-9(10)15/h2-7,13H,17H2,1H3. The van der Waals surface area contributed by atoms with E-state index in [4.69, 9.17) is 10.5 Å². The van der Waals surface area contributed by atoms with Crippen LogP contribution in [0.1, 0.15) is 17.9 Å². The summed E-state index contributed by atoms with van der Waals surface area (Å²) < 4.78 is 9.04. The van der Waals surface area contributed by atoms with Crippen molar-refractivity contribution in [1.82, 2.24) is 0 Å². The van der Waals surface area contributed by atoms with Crippen LogP contribution in [-0.4, -0.2) is 6.04 Å². The van der Waals surface area contributed by atoms with Crippen LogP contribution >= 0.6 is 59.1 Å². The fourth-order valence-corrected chi connectivity index (χ4v) is 4.32. The molecule has 0 radical (unpaired) electrons. The van der Waals surface area contributed by atoms with E-state index in [2.05, 4.69) is 47.8 Å². The Hall–Kier alpha value is 0.120. The molecule has 2 unspecified atom stereocenters. The Morgan fingerprint density at radius 2 is 1.89 bits per heavy atom. The quantitative estimate of drug-likeness (QED) is 0.641. The Kier molecular flexibility index (Phi) is 5.48. The maximum Gasteiger partial charge on any atom is 0.148 e. The molecule has 2 atom stereocenters. The second-order valence-electron chi connectivity index (χ2n) is 4.11. The van der Waals surface area contributed by atoms with Crippen LogP contribution in [0.15, 0.2) is 43.1 Å². The number of halogens is 3. The highest BCUT2D eigenvalue weighted by molar-refractivity contribution is 9.11. The molecule has 2 nitrogen and oxygen atoms in total. The number of nitrogens with two attached hydrogens (primary N) is 1. The van der Waals surface area contributed by atoms with E-state index in [0.29, 0.717) is 0 Å². The smallest absolute Gasteiger partial charge is 0.148 e. The van der Waals surface area contributed by atoms with Crippen LogP contribution < -0.4 is 10.5 Å². The monoisotopic (exact) mass is 467 g/mol. The third-order valence-corrected chi connectivity index (χ3v) is 5.30. The molecule has 0 spiro atoms. The molecule has 0 bridgehead atoms. The van der Waals surface area contributed by atoms with Crippen molar-refractivity contribution < 1.29 is 4.74 Å². The Morgan fingerprint density at radius 3 is 2.42 bits per heavy atom. The van der Waals surface area contributed by atoms with Crippen molar-refractivity contribution in [3.63, 3.8) is 0 Å². The lowest BCUT2D eigenvalue weighted by Gasteiger charge is -2.22. The molecule has 0 aliphatic heterocycles. The second-order valence-corrected chi connectivity index (χ2v) is 8.38. The highest BCUT2D eigenvalue weighted by atomic mass is 79.9. The molecular weight excluding hydrogens is 458 g/mol. The Labute approximate surface area is 141 Å². The molecule has 0 amide bonds. The van der Waals surface area contributed by atoms with Gasteiger partial charge in [-0.05, 0) is 69.1 Å². The van der Waals surface area contributed by atoms with Crippen molar-refractivity contribution >= 4 is 59.1 Å². The van der Waals surface area contributed by atoms with Crippen molar-refractivity contribution in [3.8, 4) is 5.75 Å². The molecule has 102 valence electrons. The molecule has 1 aromatic carbocycles. The first kappa shape index (κ1) is 15.5. The van der Waals surface area contributed by atoms with Gasteiger partial charge in [0.25, 0.3) is 0 Å². The maximum absolute atomic E-state index is 6.06. The fourth-order valence-electron chi connectivity index (χ4n) is 1.61. The number of rotatable bonds is 4. The van der Waals surface area contributed by atoms with Gasteiger partial charge in [-0.2, -0.15) is 0 Å². The van der Waals surface area contributed by atoms with Gasteiger partial charge in [0.05, 0.1) is 8.26 Å². The summed E-state index contributed by atoms with van der Waals surface area (Å²) in [7, 11) is 0. The van der Waals surface area contributed by atoms with Gasteiger partial charge in [-0.15, -0.1) is 11.3 Å². The van der Waals surface area contributed by atoms with Crippen LogP contribution in [0.25, 0.3) is 0 Å². The zero-order valence-electron chi connectivity index (χ0n) is 10.1. The van der Waals surface area contributed by atoms with E-state index in [1.807, 2.05) is 37.3 Å². The van der Waals surface area contributed by atoms with Gasteiger partial charge in [0.2, 0.25) is 0 Å². The van der Waals surface area contributed by atoms with Gasteiger partial charge < -0.3 is 10.5 Å². The van der Waals surface area contributed by atoms with Crippen molar-refractivity contribution in [3.05, 3.63) is 47.9 Å². The van der Waals surface area contributed by atoms with Crippen molar-refractivity contribution in [2.24, 2.45) is 5.73 Å². The molecule has 0 aliphatic rings. The Morgan fingerprint density at radius 1 is 1.16 bits per heavy atom. The maximum atomic E-state index is 6.06. The van der Waals surface area contributed by atoms with Crippen LogP contribution in [0.3, 0.4) is 0 Å². The van der Waals surface area contributed by atoms with E-state index in [-0.39, 0.29) is 12.1 Å². The average molecular weight is 470 g/mol. The minimum atomic E-state index is -0.159. The first-order valence-electron chi connectivity index (χ1n) is 5.60. The molecule has 2 rings (SSSR count). The molecule has 2 N–H and O–H groups in total. The van der Waals surface area contributed by atoms with Crippen molar-refractivity contribution in [1.29, 1.82) is 0 Å². The van der Waals surface area contributed by atoms with E-state index in [9.17, 15) is 0 Å². The van der Waals surface area contributed by atoms with E-state index < -0.39 is 0 Å². The zero-order chi connectivity index (χ0) is 14.0. The molecule has 2 aromatic rings. The zero-order valence-corrected chi connectivity index (χ0v) is 15.6. The Bertz CT molecular complexity index is 571. The Balaban J connectivity index is 2.26. The van der Waals surface area contributed by atoms with Crippen molar-refractivity contribution in [2.75, 3.05) is 0 Å². The molecule has 1 aromatic heterocycles. The lowest BCUT2D eigenvalue weighted by Crippen LogP contribution is -2.28. The summed E-state index contributed by atoms with van der Waals surface area (Å²) in [5.41, 5.74) is 6.05. The topological polar surface area (TPSA) is 35.2 Å². The average Bonchev–Trinajstić information content (AvgIpc) is 2.74. The molecule has 19 heavy (non-hydrogen) atoms. The van der Waals surface area contributed by atoms with Crippen LogP contribution in [0.4, 0.5) is 0 Å². The lowest BCUT2D eigenvalue weighted by molar-refractivity contribution is 0.183. The molecular formula is C13H12Br3NOS. The SMILES string of the molecule is CC(N)C(Oc1ccc(Br)cc1Br)c1ccc(Br)s1. The first-order chi connectivity index (χ1) is 8.97. The molecule has 6 heteroatoms. The fraction of sp³-hybridized carbons (Fsp3) is 0.231. The summed E-state index contributed by atoms with van der Waals surface area (Å²) >= 11 is 12.0. The van der Waals surface area contributed by atoms with E-state index in [1.54, 1.807) is 11.3 Å². The minimum absolute atomic E-state index is 0.0962. The molecule has 0 fully saturated rings. The molecule has 1 heterocycles. The second kappa shape index (κ2) is 6.72. The summed E-state index contributed by atoms with van der Waals surface area (Å²) in [5.74, 6) is 0.787. The summed E-state index contributed by atoms with van der Waals surface area (Å²) in [6, 6.07) is 9.78. The van der Waals surface area contributed by atoms with E-state index in [1.165, 1.54) is 0 Å². The third kappa shape index (κ3) is 4.04. The van der Waals surface area contributed by atoms with Gasteiger partial charge in [0.15, 0.2) is 0 Å². The minimum Gasteiger partial charge on any atom is -0.482 e. The number of benzene rings is 1. The predicted octanol–water partition coefficient (Wildman–Crippen LogP) is 5.50. The highest BCUT2D eigenvalue weighted by Gasteiger charge is 2.21. The highest BCUT2D eigenvalue weighted by Crippen LogP contribution is 2.35. The first-order valence-corrected chi connectivity index (χ1v) is 8.79. The van der Waals surface area contributed by atoms with Crippen LogP contribution in [-0.2, 0) is 0 Å². The van der Waals surface area contributed by atoms with Gasteiger partial charge in [-0.3, -0.25) is 0 Å². The summed E-state index contributed by atoms with van der Waals surface area (Å²) in [6.45, 7) is 1.95. The van der Waals surface area contributed by atoms with E-state index in [0.717, 1.165) is 23.4 Å². The molecule has 0 saturated carbocycles. The van der Waals surface area contributed by atoms with Gasteiger partial charge in [0.1, 0.15) is 11.9 Å². The number of thiophene rings is 1. The molecule has 0 saturated heterocycles. The van der Waals surface area contributed by atoms with Gasteiger partial charge in [-0.25, -0.2) is 0 Å². The van der Waals surface area contributed by atoms with Crippen LogP contribution in [0.2, 0.25) is 0 Å². The largest absolute Gasteiger partial charge is 0.482 e. The van der Waals surface area contributed by atoms with Crippen molar-refractivity contribution in [2.45, 2.75) is 19.1 Å². The number of ether oxygens (including phenoxy) is 1. The normalized spacial score (nSPS) is 14.2.